The number of carboxylic acids is 1. The SMILES string of the molecule is CCC1C(C2(C)CCC(OC(=O)C(C)(C)CC(C)(C)CC(=O)O)CC2)CCC2(C)C(CCC(C)C)CCC12. The van der Waals surface area contributed by atoms with Crippen molar-refractivity contribution >= 4 is 11.9 Å². The summed E-state index contributed by atoms with van der Waals surface area (Å²) in [6, 6.07) is 0. The molecule has 4 heteroatoms. The minimum absolute atomic E-state index is 0.00161. The van der Waals surface area contributed by atoms with E-state index < -0.39 is 16.8 Å². The Morgan fingerprint density at radius 1 is 0.947 bits per heavy atom. The molecular weight excluding hydrogens is 472 g/mol. The number of hydrogen-bond acceptors (Lipinski definition) is 3. The molecule has 0 heterocycles. The Morgan fingerprint density at radius 3 is 2.13 bits per heavy atom. The fraction of sp³-hybridized carbons (Fsp3) is 0.941. The molecule has 0 spiro atoms. The van der Waals surface area contributed by atoms with E-state index in [1.165, 1.54) is 44.9 Å². The van der Waals surface area contributed by atoms with Crippen LogP contribution in [0.15, 0.2) is 0 Å². The topological polar surface area (TPSA) is 63.6 Å². The van der Waals surface area contributed by atoms with E-state index >= 15 is 0 Å². The van der Waals surface area contributed by atoms with E-state index in [0.29, 0.717) is 17.3 Å². The highest BCUT2D eigenvalue weighted by atomic mass is 16.5. The van der Waals surface area contributed by atoms with Crippen molar-refractivity contribution in [2.75, 3.05) is 0 Å². The molecule has 0 radical (unpaired) electrons. The van der Waals surface area contributed by atoms with E-state index in [9.17, 15) is 14.7 Å². The maximum Gasteiger partial charge on any atom is 0.311 e. The fourth-order valence-corrected chi connectivity index (χ4v) is 9.63. The number of aliphatic carboxylic acids is 1. The summed E-state index contributed by atoms with van der Waals surface area (Å²) in [4.78, 5) is 24.4. The van der Waals surface area contributed by atoms with Crippen LogP contribution in [0.3, 0.4) is 0 Å². The number of esters is 1. The number of rotatable bonds is 11. The maximum absolute atomic E-state index is 13.2. The second kappa shape index (κ2) is 11.8. The molecule has 0 aromatic heterocycles. The van der Waals surface area contributed by atoms with Crippen molar-refractivity contribution in [3.8, 4) is 0 Å². The predicted molar refractivity (Wildman–Crippen MR) is 156 cm³/mol. The van der Waals surface area contributed by atoms with Gasteiger partial charge in [0, 0.05) is 0 Å². The highest BCUT2D eigenvalue weighted by molar-refractivity contribution is 5.76. The first-order chi connectivity index (χ1) is 17.5. The number of carbonyl (C=O) groups excluding carboxylic acids is 1. The first kappa shape index (κ1) is 31.5. The van der Waals surface area contributed by atoms with Crippen LogP contribution in [0, 0.1) is 51.2 Å². The van der Waals surface area contributed by atoms with Crippen molar-refractivity contribution < 1.29 is 19.4 Å². The van der Waals surface area contributed by atoms with Gasteiger partial charge in [0.05, 0.1) is 11.8 Å². The van der Waals surface area contributed by atoms with Gasteiger partial charge in [-0.3, -0.25) is 9.59 Å². The summed E-state index contributed by atoms with van der Waals surface area (Å²) in [6.07, 6.45) is 14.5. The summed E-state index contributed by atoms with van der Waals surface area (Å²) in [5.41, 5.74) is -0.247. The van der Waals surface area contributed by atoms with Crippen LogP contribution < -0.4 is 0 Å². The summed E-state index contributed by atoms with van der Waals surface area (Å²) < 4.78 is 6.10. The number of carboxylic acid groups (broad SMARTS) is 1. The van der Waals surface area contributed by atoms with E-state index in [-0.39, 0.29) is 18.5 Å². The zero-order valence-electron chi connectivity index (χ0n) is 26.3. The summed E-state index contributed by atoms with van der Waals surface area (Å²) in [6.45, 7) is 20.1. The third kappa shape index (κ3) is 6.98. The Morgan fingerprint density at radius 2 is 1.58 bits per heavy atom. The fourth-order valence-electron chi connectivity index (χ4n) is 9.63. The molecule has 3 rings (SSSR count). The largest absolute Gasteiger partial charge is 0.481 e. The van der Waals surface area contributed by atoms with Crippen LogP contribution in [0.4, 0.5) is 0 Å². The van der Waals surface area contributed by atoms with Crippen LogP contribution >= 0.6 is 0 Å². The summed E-state index contributed by atoms with van der Waals surface area (Å²) in [5.74, 6) is 3.24. The third-order valence-corrected chi connectivity index (χ3v) is 11.5. The second-order valence-electron chi connectivity index (χ2n) is 16.1. The van der Waals surface area contributed by atoms with Gasteiger partial charge in [0.2, 0.25) is 0 Å². The Labute approximate surface area is 234 Å². The molecule has 0 amide bonds. The van der Waals surface area contributed by atoms with Crippen LogP contribution in [0.25, 0.3) is 0 Å². The molecule has 0 aliphatic heterocycles. The van der Waals surface area contributed by atoms with Gasteiger partial charge < -0.3 is 9.84 Å². The number of carbonyl (C=O) groups is 2. The summed E-state index contributed by atoms with van der Waals surface area (Å²) >= 11 is 0. The van der Waals surface area contributed by atoms with Crippen LogP contribution in [-0.4, -0.2) is 23.1 Å². The van der Waals surface area contributed by atoms with E-state index in [2.05, 4.69) is 34.6 Å². The molecule has 3 fully saturated rings. The molecular formula is C34H60O4. The average Bonchev–Trinajstić information content (AvgIpc) is 3.13. The Balaban J connectivity index is 1.59. The van der Waals surface area contributed by atoms with E-state index in [0.717, 1.165) is 55.3 Å². The molecule has 38 heavy (non-hydrogen) atoms. The molecule has 220 valence electrons. The molecule has 3 saturated carbocycles. The number of ether oxygens (including phenoxy) is 1. The molecule has 1 N–H and O–H groups in total. The number of fused-ring (bicyclic) bond motifs is 1. The first-order valence-corrected chi connectivity index (χ1v) is 16.0. The lowest BCUT2D eigenvalue weighted by molar-refractivity contribution is -0.166. The van der Waals surface area contributed by atoms with Gasteiger partial charge in [0.15, 0.2) is 0 Å². The molecule has 0 bridgehead atoms. The average molecular weight is 533 g/mol. The van der Waals surface area contributed by atoms with Gasteiger partial charge in [-0.05, 0) is 124 Å². The van der Waals surface area contributed by atoms with E-state index in [4.69, 9.17) is 4.74 Å². The summed E-state index contributed by atoms with van der Waals surface area (Å²) in [5, 5.41) is 9.24. The molecule has 0 aromatic rings. The molecule has 5 atom stereocenters. The zero-order chi connectivity index (χ0) is 28.5. The van der Waals surface area contributed by atoms with Crippen molar-refractivity contribution in [2.45, 2.75) is 152 Å². The lowest BCUT2D eigenvalue weighted by atomic mass is 9.50. The maximum atomic E-state index is 13.2. The van der Waals surface area contributed by atoms with Gasteiger partial charge in [0.1, 0.15) is 6.10 Å². The van der Waals surface area contributed by atoms with Crippen LogP contribution in [0.5, 0.6) is 0 Å². The van der Waals surface area contributed by atoms with E-state index in [1.54, 1.807) is 0 Å². The molecule has 4 nitrogen and oxygen atoms in total. The monoisotopic (exact) mass is 532 g/mol. The van der Waals surface area contributed by atoms with Crippen LogP contribution in [-0.2, 0) is 14.3 Å². The lowest BCUT2D eigenvalue weighted by Crippen LogP contribution is -2.48. The van der Waals surface area contributed by atoms with Gasteiger partial charge in [0.25, 0.3) is 0 Å². The van der Waals surface area contributed by atoms with Gasteiger partial charge in [-0.1, -0.05) is 61.3 Å². The van der Waals surface area contributed by atoms with Gasteiger partial charge >= 0.3 is 11.9 Å². The highest BCUT2D eigenvalue weighted by Gasteiger charge is 2.56. The normalized spacial score (nSPS) is 36.2. The predicted octanol–water partition coefficient (Wildman–Crippen LogP) is 9.30. The van der Waals surface area contributed by atoms with Crippen LogP contribution in [0.1, 0.15) is 146 Å². The van der Waals surface area contributed by atoms with Crippen molar-refractivity contribution in [2.24, 2.45) is 51.2 Å². The molecule has 5 unspecified atom stereocenters. The molecule has 0 saturated heterocycles. The van der Waals surface area contributed by atoms with Crippen LogP contribution in [0.2, 0.25) is 0 Å². The Bertz CT molecular complexity index is 818. The van der Waals surface area contributed by atoms with E-state index in [1.807, 2.05) is 27.7 Å². The lowest BCUT2D eigenvalue weighted by Gasteiger charge is -2.55. The summed E-state index contributed by atoms with van der Waals surface area (Å²) in [7, 11) is 0. The number of hydrogen-bond donors (Lipinski definition) is 1. The smallest absolute Gasteiger partial charge is 0.311 e. The molecule has 3 aliphatic carbocycles. The molecule has 3 aliphatic rings. The minimum atomic E-state index is -0.817. The second-order valence-corrected chi connectivity index (χ2v) is 16.1. The minimum Gasteiger partial charge on any atom is -0.481 e. The Hall–Kier alpha value is -1.06. The molecule has 0 aromatic carbocycles. The Kier molecular flexibility index (Phi) is 9.78. The zero-order valence-corrected chi connectivity index (χ0v) is 26.3. The third-order valence-electron chi connectivity index (χ3n) is 11.5. The van der Waals surface area contributed by atoms with Crippen molar-refractivity contribution in [1.82, 2.24) is 0 Å². The van der Waals surface area contributed by atoms with Crippen molar-refractivity contribution in [3.63, 3.8) is 0 Å². The van der Waals surface area contributed by atoms with Gasteiger partial charge in [-0.15, -0.1) is 0 Å². The van der Waals surface area contributed by atoms with Crippen molar-refractivity contribution in [1.29, 1.82) is 0 Å². The standard InChI is InChI=1S/C34H60O4/c1-10-26-27(17-20-34(9)24(12-11-23(2)3)13-14-28(26)34)33(8)18-15-25(16-19-33)38-30(37)32(6,7)22-31(4,5)21-29(35)36/h23-28H,10-22H2,1-9H3,(H,35,36). The highest BCUT2D eigenvalue weighted by Crippen LogP contribution is 2.64. The van der Waals surface area contributed by atoms with Gasteiger partial charge in [-0.25, -0.2) is 0 Å². The van der Waals surface area contributed by atoms with Gasteiger partial charge in [-0.2, -0.15) is 0 Å². The quantitative estimate of drug-likeness (QED) is 0.269. The van der Waals surface area contributed by atoms with Crippen molar-refractivity contribution in [3.05, 3.63) is 0 Å². The first-order valence-electron chi connectivity index (χ1n) is 16.0.